The Morgan fingerprint density at radius 2 is 0.624 bits per heavy atom. The molecule has 6 atom stereocenters. The molecule has 0 saturated carbocycles. The largest absolute Gasteiger partial charge is 0.495 e. The van der Waals surface area contributed by atoms with Gasteiger partial charge in [0.1, 0.15) is 0 Å². The average Bonchev–Trinajstić information content (AvgIpc) is 2.69. The summed E-state index contributed by atoms with van der Waals surface area (Å²) in [6, 6.07) is -0.261. The maximum atomic E-state index is 10.7. The predicted octanol–water partition coefficient (Wildman–Crippen LogP) is -8.89. The first-order valence-electron chi connectivity index (χ1n) is 32.7. The summed E-state index contributed by atoms with van der Waals surface area (Å²) in [5, 5.41) is 81.7. The summed E-state index contributed by atoms with van der Waals surface area (Å²) < 4.78 is 37.6. The van der Waals surface area contributed by atoms with Crippen molar-refractivity contribution >= 4 is 35.2 Å². The van der Waals surface area contributed by atoms with Crippen LogP contribution < -0.4 is 37.6 Å². The van der Waals surface area contributed by atoms with E-state index in [4.69, 9.17) is 77.3 Å². The molecule has 38 heteroatoms. The second-order valence-corrected chi connectivity index (χ2v) is 33.8. The van der Waals surface area contributed by atoms with E-state index in [9.17, 15) is 40.2 Å². The van der Waals surface area contributed by atoms with Crippen molar-refractivity contribution in [2.24, 2.45) is 5.73 Å². The molecule has 0 amide bonds. The normalized spacial score (nSPS) is 15.1. The fourth-order valence-electron chi connectivity index (χ4n) is 8.29. The molecular formula is C55H132N10O24Si4. The molecular weight excluding hydrogens is 1300 g/mol. The minimum Gasteiger partial charge on any atom is -0.390 e. The van der Waals surface area contributed by atoms with Crippen LogP contribution in [0.5, 0.6) is 0 Å². The lowest BCUT2D eigenvalue weighted by Crippen LogP contribution is -2.47. The quantitative estimate of drug-likeness (QED) is 0.0199. The molecule has 93 heavy (non-hydrogen) atoms. The highest BCUT2D eigenvalue weighted by Crippen LogP contribution is 2.11. The van der Waals surface area contributed by atoms with E-state index < -0.39 is 71.8 Å². The van der Waals surface area contributed by atoms with Crippen molar-refractivity contribution in [1.82, 2.24) is 46.6 Å². The Morgan fingerprint density at radius 1 is 0.355 bits per heavy atom. The van der Waals surface area contributed by atoms with Gasteiger partial charge in [0.2, 0.25) is 0 Å². The van der Waals surface area contributed by atoms with Gasteiger partial charge in [0.05, 0.1) is 87.5 Å². The van der Waals surface area contributed by atoms with Crippen molar-refractivity contribution in [3.63, 3.8) is 0 Å². The van der Waals surface area contributed by atoms with E-state index in [1.54, 1.807) is 0 Å². The molecule has 0 aromatic carbocycles. The summed E-state index contributed by atoms with van der Waals surface area (Å²) in [5.74, 6) is 0. The van der Waals surface area contributed by atoms with E-state index in [1.165, 1.54) is 7.11 Å². The molecule has 0 aliphatic heterocycles. The number of nitrogens with two attached hydrogens (primary N) is 1. The third-order valence-corrected chi connectivity index (χ3v) is 17.9. The number of hydrogen-bond donors (Lipinski definition) is 24. The first kappa shape index (κ1) is 94.6. The van der Waals surface area contributed by atoms with Gasteiger partial charge in [-0.2, -0.15) is 0 Å². The van der Waals surface area contributed by atoms with Crippen LogP contribution in [0, 0.1) is 0 Å². The molecule has 25 N–H and O–H groups in total. The zero-order valence-corrected chi connectivity index (χ0v) is 61.1. The zero-order chi connectivity index (χ0) is 70.7. The number of rotatable bonds is 64. The fraction of sp³-hybridized carbons (Fsp3) is 1.00. The number of hydrogen-bond acceptors (Lipinski definition) is 34. The maximum absolute atomic E-state index is 10.7. The lowest BCUT2D eigenvalue weighted by atomic mass is 10.2. The van der Waals surface area contributed by atoms with Crippen LogP contribution >= 0.6 is 0 Å². The fourth-order valence-corrected chi connectivity index (χ4v) is 11.0. The van der Waals surface area contributed by atoms with Crippen molar-refractivity contribution in [3.05, 3.63) is 0 Å². The number of nitrogens with zero attached hydrogens (tertiary/aromatic N) is 3. The van der Waals surface area contributed by atoms with Crippen molar-refractivity contribution in [2.45, 2.75) is 139 Å². The molecule has 0 rings (SSSR count). The Bertz CT molecular complexity index is 1680. The summed E-state index contributed by atoms with van der Waals surface area (Å²) in [6.45, 7) is 25.6. The highest BCUT2D eigenvalue weighted by atomic mass is 28.4. The molecule has 34 nitrogen and oxygen atoms in total. The van der Waals surface area contributed by atoms with E-state index in [1.807, 2.05) is 46.4 Å². The Morgan fingerprint density at radius 3 is 0.968 bits per heavy atom. The number of nitrogens with one attached hydrogen (secondary N) is 6. The minimum absolute atomic E-state index is 0.0266. The molecule has 0 fully saturated rings. The highest BCUT2D eigenvalue weighted by Gasteiger charge is 2.30. The Kier molecular flexibility index (Phi) is 57.1. The second-order valence-electron chi connectivity index (χ2n) is 25.3. The van der Waals surface area contributed by atoms with Gasteiger partial charge in [0.15, 0.2) is 0 Å². The summed E-state index contributed by atoms with van der Waals surface area (Å²) in [6.07, 6.45) is -3.14. The monoisotopic (exact) mass is 1430 g/mol. The van der Waals surface area contributed by atoms with Gasteiger partial charge in [-0.15, -0.1) is 0 Å². The van der Waals surface area contributed by atoms with Gasteiger partial charge in [-0.05, 0) is 67.2 Å². The predicted molar refractivity (Wildman–Crippen MR) is 358 cm³/mol. The Hall–Kier alpha value is -0.492. The number of ether oxygens (including phenoxy) is 6. The Labute approximate surface area is 558 Å². The average molecular weight is 1430 g/mol. The van der Waals surface area contributed by atoms with E-state index in [-0.39, 0.29) is 127 Å². The summed E-state index contributed by atoms with van der Waals surface area (Å²) >= 11 is 0. The third kappa shape index (κ3) is 72.6. The SMILES string of the molecule is CC(C)(C)OCC(O)CN(CCNCCN)CCN(CCNCC(O)COCCC[Si](O)(O)O)CC(O)COCCC[Si](O)(O)O.CO[Si](O)(O)CCCOCC(O)CN(CCNCCNCCNCC(O)COC(C)(C)C)CCNCC(O)COCCC[Si](O)(O)O. The first-order valence-corrected chi connectivity index (χ1v) is 40.9. The van der Waals surface area contributed by atoms with Crippen LogP contribution in [0.3, 0.4) is 0 Å². The van der Waals surface area contributed by atoms with E-state index >= 15 is 0 Å². The number of aliphatic hydroxyl groups excluding tert-OH is 6. The molecule has 0 spiro atoms. The van der Waals surface area contributed by atoms with Gasteiger partial charge >= 0.3 is 35.2 Å². The van der Waals surface area contributed by atoms with Crippen LogP contribution in [0.4, 0.5) is 0 Å². The topological polar surface area (TPSA) is 516 Å². The summed E-state index contributed by atoms with van der Waals surface area (Å²) in [7, 11) is -14.6. The van der Waals surface area contributed by atoms with Crippen LogP contribution in [-0.2, 0) is 32.8 Å². The lowest BCUT2D eigenvalue weighted by Gasteiger charge is -2.31. The molecule has 0 aliphatic carbocycles. The summed E-state index contributed by atoms with van der Waals surface area (Å²) in [5.41, 5.74) is 4.95. The lowest BCUT2D eigenvalue weighted by molar-refractivity contribution is -0.0566. The van der Waals surface area contributed by atoms with Crippen molar-refractivity contribution in [2.75, 3.05) is 217 Å². The first-order chi connectivity index (χ1) is 43.4. The van der Waals surface area contributed by atoms with Crippen LogP contribution in [0.1, 0.15) is 67.2 Å². The van der Waals surface area contributed by atoms with Crippen molar-refractivity contribution in [1.29, 1.82) is 0 Å². The molecule has 562 valence electrons. The van der Waals surface area contributed by atoms with Gasteiger partial charge in [-0.1, -0.05) is 0 Å². The molecule has 0 aliphatic rings. The van der Waals surface area contributed by atoms with Crippen molar-refractivity contribution in [3.8, 4) is 0 Å². The van der Waals surface area contributed by atoms with Crippen LogP contribution in [-0.4, -0.2) is 398 Å². The maximum Gasteiger partial charge on any atom is 0.495 e. The van der Waals surface area contributed by atoms with E-state index in [2.05, 4.69) is 46.1 Å². The number of aliphatic hydroxyl groups is 6. The van der Waals surface area contributed by atoms with Gasteiger partial charge in [-0.3, -0.25) is 14.7 Å². The van der Waals surface area contributed by atoms with E-state index in [0.717, 1.165) is 26.2 Å². The van der Waals surface area contributed by atoms with Gasteiger partial charge in [-0.25, -0.2) is 0 Å². The second kappa shape index (κ2) is 56.2. The third-order valence-electron chi connectivity index (χ3n) is 13.2. The van der Waals surface area contributed by atoms with Crippen LogP contribution in [0.25, 0.3) is 0 Å². The smallest absolute Gasteiger partial charge is 0.390 e. The van der Waals surface area contributed by atoms with Gasteiger partial charge in [0.25, 0.3) is 0 Å². The molecule has 0 radical (unpaired) electrons. The highest BCUT2D eigenvalue weighted by molar-refractivity contribution is 6.57. The van der Waals surface area contributed by atoms with Crippen LogP contribution in [0.15, 0.2) is 0 Å². The molecule has 0 aromatic rings. The molecule has 6 unspecified atom stereocenters. The molecule has 0 saturated heterocycles. The van der Waals surface area contributed by atoms with Crippen molar-refractivity contribution < 1.29 is 116 Å². The van der Waals surface area contributed by atoms with Gasteiger partial charge in [0, 0.05) is 202 Å². The standard InChI is InChI=1S/C28H67N5O12Si2.C27H65N5O12Si2/c1-28(2,3)45-24-26(35)20-31-10-9-29-7-8-30-11-13-33(21-27(36)23-44-16-6-18-47(40,41)42-4)14-12-32-19-25(34)22-43-15-5-17-46(37,38)39;1-27(2,3)44-23-26(35)20-31(10-8-29-7-6-28)12-13-32(19-25(34)22-43-15-5-17-46(39,40)41)11-9-30-18-24(33)21-42-14-4-16-45(36,37)38/h25-27,29-32,34-41H,5-24H2,1-4H3;24-26,29-30,33-41H,4-23,28H2,1-3H3. The van der Waals surface area contributed by atoms with E-state index in [0.29, 0.717) is 118 Å². The van der Waals surface area contributed by atoms with Crippen LogP contribution in [0.2, 0.25) is 24.2 Å². The summed E-state index contributed by atoms with van der Waals surface area (Å²) in [4.78, 5) is 107. The zero-order valence-electron chi connectivity index (χ0n) is 57.1. The molecule has 0 bridgehead atoms. The minimum atomic E-state index is -4.12. The Balaban J connectivity index is 0. The molecule has 0 aromatic heterocycles. The molecule has 0 heterocycles. The van der Waals surface area contributed by atoms with Gasteiger partial charge < -0.3 is 154 Å².